The maximum atomic E-state index is 9.93. The van der Waals surface area contributed by atoms with Crippen LogP contribution in [0.3, 0.4) is 0 Å². The van der Waals surface area contributed by atoms with Gasteiger partial charge in [0, 0.05) is 11.6 Å². The lowest BCUT2D eigenvalue weighted by Gasteiger charge is -2.61. The quantitative estimate of drug-likeness (QED) is 0.589. The first-order valence-corrected chi connectivity index (χ1v) is 5.26. The van der Waals surface area contributed by atoms with Gasteiger partial charge in [0.1, 0.15) is 0 Å². The Bertz CT molecular complexity index is 227. The van der Waals surface area contributed by atoms with E-state index < -0.39 is 0 Å². The highest BCUT2D eigenvalue weighted by Crippen LogP contribution is 2.53. The summed E-state index contributed by atoms with van der Waals surface area (Å²) in [5.74, 6) is 0.900. The molecule has 3 heteroatoms. The van der Waals surface area contributed by atoms with E-state index in [-0.39, 0.29) is 11.6 Å². The van der Waals surface area contributed by atoms with Gasteiger partial charge in [0.25, 0.3) is 0 Å². The number of hydrogen-bond donors (Lipinski definition) is 2. The first-order chi connectivity index (χ1) is 6.10. The van der Waals surface area contributed by atoms with Crippen molar-refractivity contribution in [2.24, 2.45) is 11.8 Å². The summed E-state index contributed by atoms with van der Waals surface area (Å²) >= 11 is 0. The van der Waals surface area contributed by atoms with Crippen LogP contribution in [0.15, 0.2) is 0 Å². The fourth-order valence-electron chi connectivity index (χ4n) is 3.91. The Balaban J connectivity index is 1.97. The van der Waals surface area contributed by atoms with E-state index in [1.165, 1.54) is 0 Å². The van der Waals surface area contributed by atoms with E-state index in [4.69, 9.17) is 0 Å². The monoisotopic (exact) mass is 183 g/mol. The van der Waals surface area contributed by atoms with Crippen molar-refractivity contribution in [3.05, 3.63) is 0 Å². The Hall–Kier alpha value is -0.120. The summed E-state index contributed by atoms with van der Waals surface area (Å²) < 4.78 is 0. The first kappa shape index (κ1) is 8.21. The second-order valence-electron chi connectivity index (χ2n) is 5.39. The molecule has 4 fully saturated rings. The maximum absolute atomic E-state index is 9.93. The van der Waals surface area contributed by atoms with Crippen molar-refractivity contribution in [1.82, 2.24) is 5.06 Å². The first-order valence-electron chi connectivity index (χ1n) is 5.26. The Kier molecular flexibility index (Phi) is 1.43. The standard InChI is InChI=1S/C10H17NO2/c1-10-4-6-2-8(11(10)13)3-7(5-10)9(6)12/h6-9,12-13H,2-5H2,1H3/t6-,7+,8?,9?,10?. The van der Waals surface area contributed by atoms with Gasteiger partial charge in [-0.05, 0) is 44.4 Å². The Morgan fingerprint density at radius 3 is 2.23 bits per heavy atom. The highest BCUT2D eigenvalue weighted by atomic mass is 16.5. The van der Waals surface area contributed by atoms with Gasteiger partial charge in [-0.25, -0.2) is 0 Å². The summed E-state index contributed by atoms with van der Waals surface area (Å²) in [7, 11) is 0. The van der Waals surface area contributed by atoms with Crippen molar-refractivity contribution in [2.75, 3.05) is 0 Å². The van der Waals surface area contributed by atoms with Gasteiger partial charge in [0.2, 0.25) is 0 Å². The molecular weight excluding hydrogens is 166 g/mol. The molecule has 13 heavy (non-hydrogen) atoms. The largest absolute Gasteiger partial charge is 0.393 e. The number of hydrogen-bond acceptors (Lipinski definition) is 3. The number of rotatable bonds is 0. The highest BCUT2D eigenvalue weighted by Gasteiger charge is 2.56. The smallest absolute Gasteiger partial charge is 0.0599 e. The fourth-order valence-corrected chi connectivity index (χ4v) is 3.91. The Labute approximate surface area is 78.3 Å². The van der Waals surface area contributed by atoms with Gasteiger partial charge in [-0.3, -0.25) is 0 Å². The zero-order valence-electron chi connectivity index (χ0n) is 7.98. The number of aliphatic hydroxyl groups excluding tert-OH is 1. The zero-order chi connectivity index (χ0) is 9.22. The average molecular weight is 183 g/mol. The molecule has 0 aromatic carbocycles. The molecule has 4 rings (SSSR count). The van der Waals surface area contributed by atoms with Crippen LogP contribution in [-0.4, -0.2) is 33.1 Å². The number of hydroxylamine groups is 2. The van der Waals surface area contributed by atoms with Gasteiger partial charge >= 0.3 is 0 Å². The summed E-state index contributed by atoms with van der Waals surface area (Å²) in [4.78, 5) is 0. The third-order valence-electron chi connectivity index (χ3n) is 4.42. The second kappa shape index (κ2) is 2.27. The van der Waals surface area contributed by atoms with Gasteiger partial charge in [0.15, 0.2) is 0 Å². The number of nitrogens with zero attached hydrogens (tertiary/aromatic N) is 1. The molecule has 0 aromatic heterocycles. The third kappa shape index (κ3) is 0.901. The fraction of sp³-hybridized carbons (Fsp3) is 1.00. The third-order valence-corrected chi connectivity index (χ3v) is 4.42. The molecular formula is C10H17NO2. The molecule has 0 radical (unpaired) electrons. The van der Waals surface area contributed by atoms with Gasteiger partial charge in [0.05, 0.1) is 6.10 Å². The Morgan fingerprint density at radius 2 is 1.77 bits per heavy atom. The summed E-state index contributed by atoms with van der Waals surface area (Å²) in [6.45, 7) is 2.13. The van der Waals surface area contributed by atoms with Crippen molar-refractivity contribution < 1.29 is 10.3 Å². The van der Waals surface area contributed by atoms with E-state index in [9.17, 15) is 10.3 Å². The lowest BCUT2D eigenvalue weighted by atomic mass is 9.58. The normalized spacial score (nSPS) is 60.2. The van der Waals surface area contributed by atoms with Crippen molar-refractivity contribution >= 4 is 0 Å². The Morgan fingerprint density at radius 1 is 1.23 bits per heavy atom. The van der Waals surface area contributed by atoms with Crippen molar-refractivity contribution in [3.63, 3.8) is 0 Å². The van der Waals surface area contributed by atoms with E-state index in [0.717, 1.165) is 25.7 Å². The van der Waals surface area contributed by atoms with Gasteiger partial charge in [-0.2, -0.15) is 5.06 Å². The van der Waals surface area contributed by atoms with E-state index in [1.807, 2.05) is 0 Å². The van der Waals surface area contributed by atoms with Crippen LogP contribution in [0.1, 0.15) is 32.6 Å². The van der Waals surface area contributed by atoms with E-state index >= 15 is 0 Å². The maximum Gasteiger partial charge on any atom is 0.0599 e. The summed E-state index contributed by atoms with van der Waals surface area (Å²) in [6.07, 6.45) is 3.83. The van der Waals surface area contributed by atoms with Crippen LogP contribution in [0.4, 0.5) is 0 Å². The van der Waals surface area contributed by atoms with Gasteiger partial charge in [-0.1, -0.05) is 0 Å². The van der Waals surface area contributed by atoms with Crippen LogP contribution in [-0.2, 0) is 0 Å². The molecule has 4 aliphatic rings. The molecule has 2 N–H and O–H groups in total. The summed E-state index contributed by atoms with van der Waals surface area (Å²) in [5.41, 5.74) is -0.0320. The van der Waals surface area contributed by atoms with E-state index in [0.29, 0.717) is 17.9 Å². The second-order valence-corrected chi connectivity index (χ2v) is 5.39. The average Bonchev–Trinajstić information content (AvgIpc) is 2.05. The molecule has 0 aromatic rings. The van der Waals surface area contributed by atoms with Crippen LogP contribution in [0, 0.1) is 11.8 Å². The summed E-state index contributed by atoms with van der Waals surface area (Å²) in [6, 6.07) is 0.325. The highest BCUT2D eigenvalue weighted by molar-refractivity contribution is 5.08. The summed E-state index contributed by atoms with van der Waals surface area (Å²) in [5, 5.41) is 21.4. The predicted octanol–water partition coefficient (Wildman–Crippen LogP) is 0.999. The molecule has 3 nitrogen and oxygen atoms in total. The topological polar surface area (TPSA) is 43.7 Å². The molecule has 4 bridgehead atoms. The minimum Gasteiger partial charge on any atom is -0.393 e. The molecule has 2 heterocycles. The number of piperidine rings is 2. The predicted molar refractivity (Wildman–Crippen MR) is 47.3 cm³/mol. The SMILES string of the molecule is CC12C[C@H]3CC(C[C@@H](C1)C3O)N2O. The molecule has 0 amide bonds. The minimum absolute atomic E-state index is 0.0320. The molecule has 74 valence electrons. The molecule has 0 spiro atoms. The van der Waals surface area contributed by atoms with Crippen LogP contribution < -0.4 is 0 Å². The molecule has 5 atom stereocenters. The van der Waals surface area contributed by atoms with Crippen LogP contribution in [0.25, 0.3) is 0 Å². The number of aliphatic hydroxyl groups is 1. The van der Waals surface area contributed by atoms with Crippen LogP contribution in [0.5, 0.6) is 0 Å². The van der Waals surface area contributed by atoms with Crippen molar-refractivity contribution in [3.8, 4) is 0 Å². The minimum atomic E-state index is -0.0852. The molecule has 3 unspecified atom stereocenters. The van der Waals surface area contributed by atoms with E-state index in [1.54, 1.807) is 5.06 Å². The lowest BCUT2D eigenvalue weighted by molar-refractivity contribution is -0.288. The van der Waals surface area contributed by atoms with Crippen molar-refractivity contribution in [1.29, 1.82) is 0 Å². The molecule has 2 aliphatic carbocycles. The van der Waals surface area contributed by atoms with Gasteiger partial charge in [-0.15, -0.1) is 0 Å². The van der Waals surface area contributed by atoms with Crippen molar-refractivity contribution in [2.45, 2.75) is 50.3 Å². The van der Waals surface area contributed by atoms with Crippen LogP contribution in [0.2, 0.25) is 0 Å². The lowest BCUT2D eigenvalue weighted by Crippen LogP contribution is -2.67. The molecule has 2 saturated heterocycles. The zero-order valence-corrected chi connectivity index (χ0v) is 7.98. The molecule has 2 saturated carbocycles. The van der Waals surface area contributed by atoms with Gasteiger partial charge < -0.3 is 10.3 Å². The molecule has 2 aliphatic heterocycles. The van der Waals surface area contributed by atoms with Crippen LogP contribution >= 0.6 is 0 Å². The van der Waals surface area contributed by atoms with E-state index in [2.05, 4.69) is 6.92 Å².